The minimum absolute atomic E-state index is 0.00752. The zero-order valence-electron chi connectivity index (χ0n) is 8.14. The molecular formula is C10H13Br2NS. The first-order chi connectivity index (χ1) is 6.44. The van der Waals surface area contributed by atoms with E-state index in [1.165, 1.54) is 0 Å². The van der Waals surface area contributed by atoms with Crippen molar-refractivity contribution in [2.24, 2.45) is 0 Å². The van der Waals surface area contributed by atoms with Crippen LogP contribution in [0.25, 0.3) is 0 Å². The lowest BCUT2D eigenvalue weighted by Gasteiger charge is -2.26. The van der Waals surface area contributed by atoms with E-state index in [0.29, 0.717) is 0 Å². The smallest absolute Gasteiger partial charge is 0.0500 e. The molecule has 4 heteroatoms. The van der Waals surface area contributed by atoms with Crippen molar-refractivity contribution in [3.05, 3.63) is 27.1 Å². The number of halogens is 2. The van der Waals surface area contributed by atoms with Gasteiger partial charge in [0.2, 0.25) is 0 Å². The molecule has 0 heterocycles. The van der Waals surface area contributed by atoms with Crippen molar-refractivity contribution in [2.45, 2.75) is 19.4 Å². The van der Waals surface area contributed by atoms with E-state index in [-0.39, 0.29) is 5.54 Å². The lowest BCUT2D eigenvalue weighted by atomic mass is 10.1. The van der Waals surface area contributed by atoms with Gasteiger partial charge in [0.25, 0.3) is 0 Å². The van der Waals surface area contributed by atoms with Crippen LogP contribution in [0.2, 0.25) is 0 Å². The monoisotopic (exact) mass is 337 g/mol. The first kappa shape index (κ1) is 12.4. The summed E-state index contributed by atoms with van der Waals surface area (Å²) in [6, 6.07) is 6.07. The Bertz CT molecular complexity index is 326. The van der Waals surface area contributed by atoms with Crippen LogP contribution in [0.5, 0.6) is 0 Å². The topological polar surface area (TPSA) is 12.0 Å². The Kier molecular flexibility index (Phi) is 4.34. The molecule has 78 valence electrons. The SMILES string of the molecule is CC(C)(CS)Nc1cc(Br)ccc1Br. The third kappa shape index (κ3) is 3.48. The van der Waals surface area contributed by atoms with E-state index in [2.05, 4.69) is 69.7 Å². The number of anilines is 1. The van der Waals surface area contributed by atoms with E-state index in [1.54, 1.807) is 0 Å². The normalized spacial score (nSPS) is 11.5. The van der Waals surface area contributed by atoms with Gasteiger partial charge in [0.15, 0.2) is 0 Å². The Hall–Kier alpha value is 0.330. The number of benzene rings is 1. The number of nitrogens with one attached hydrogen (secondary N) is 1. The third-order valence-electron chi connectivity index (χ3n) is 1.80. The largest absolute Gasteiger partial charge is 0.378 e. The van der Waals surface area contributed by atoms with Crippen molar-refractivity contribution in [3.63, 3.8) is 0 Å². The highest BCUT2D eigenvalue weighted by Gasteiger charge is 2.16. The van der Waals surface area contributed by atoms with Crippen LogP contribution in [0, 0.1) is 0 Å². The van der Waals surface area contributed by atoms with Crippen LogP contribution in [0.15, 0.2) is 27.1 Å². The summed E-state index contributed by atoms with van der Waals surface area (Å²) in [6.07, 6.45) is 0. The quantitative estimate of drug-likeness (QED) is 0.781. The molecule has 1 aromatic rings. The van der Waals surface area contributed by atoms with E-state index in [0.717, 1.165) is 20.4 Å². The predicted molar refractivity (Wildman–Crippen MR) is 73.4 cm³/mol. The fraction of sp³-hybridized carbons (Fsp3) is 0.400. The highest BCUT2D eigenvalue weighted by molar-refractivity contribution is 9.11. The van der Waals surface area contributed by atoms with Gasteiger partial charge in [-0.2, -0.15) is 12.6 Å². The molecule has 1 N–H and O–H groups in total. The Morgan fingerprint density at radius 2 is 2.00 bits per heavy atom. The van der Waals surface area contributed by atoms with Crippen molar-refractivity contribution in [1.82, 2.24) is 0 Å². The molecule has 0 atom stereocenters. The fourth-order valence-electron chi connectivity index (χ4n) is 0.997. The third-order valence-corrected chi connectivity index (χ3v) is 3.77. The van der Waals surface area contributed by atoms with Gasteiger partial charge in [-0.1, -0.05) is 15.9 Å². The summed E-state index contributed by atoms with van der Waals surface area (Å²) < 4.78 is 2.13. The molecule has 0 saturated carbocycles. The maximum atomic E-state index is 4.30. The number of hydrogen-bond acceptors (Lipinski definition) is 2. The highest BCUT2D eigenvalue weighted by Crippen LogP contribution is 2.28. The number of rotatable bonds is 3. The van der Waals surface area contributed by atoms with E-state index in [1.807, 2.05) is 12.1 Å². The molecule has 0 aromatic heterocycles. The molecule has 14 heavy (non-hydrogen) atoms. The van der Waals surface area contributed by atoms with Gasteiger partial charge < -0.3 is 5.32 Å². The molecule has 1 aromatic carbocycles. The van der Waals surface area contributed by atoms with Crippen molar-refractivity contribution in [3.8, 4) is 0 Å². The molecule has 0 aliphatic heterocycles. The van der Waals surface area contributed by atoms with E-state index < -0.39 is 0 Å². The summed E-state index contributed by atoms with van der Waals surface area (Å²) in [5, 5.41) is 3.42. The lowest BCUT2D eigenvalue weighted by molar-refractivity contribution is 0.647. The van der Waals surface area contributed by atoms with Gasteiger partial charge in [-0.15, -0.1) is 0 Å². The number of hydrogen-bond donors (Lipinski definition) is 2. The minimum Gasteiger partial charge on any atom is -0.378 e. The summed E-state index contributed by atoms with van der Waals surface area (Å²) in [4.78, 5) is 0. The molecular weight excluding hydrogens is 326 g/mol. The Labute approximate surface area is 107 Å². The second kappa shape index (κ2) is 4.90. The second-order valence-electron chi connectivity index (χ2n) is 3.79. The van der Waals surface area contributed by atoms with Gasteiger partial charge in [-0.25, -0.2) is 0 Å². The highest BCUT2D eigenvalue weighted by atomic mass is 79.9. The van der Waals surface area contributed by atoms with Crippen LogP contribution in [-0.2, 0) is 0 Å². The molecule has 0 aliphatic carbocycles. The molecule has 0 unspecified atom stereocenters. The summed E-state index contributed by atoms with van der Waals surface area (Å²) in [5.74, 6) is 0.784. The average molecular weight is 339 g/mol. The zero-order valence-corrected chi connectivity index (χ0v) is 12.2. The summed E-state index contributed by atoms with van der Waals surface area (Å²) in [6.45, 7) is 4.24. The fourth-order valence-corrected chi connectivity index (χ4v) is 1.78. The maximum absolute atomic E-state index is 4.30. The van der Waals surface area contributed by atoms with Gasteiger partial charge in [-0.3, -0.25) is 0 Å². The van der Waals surface area contributed by atoms with Crippen LogP contribution in [0.1, 0.15) is 13.8 Å². The maximum Gasteiger partial charge on any atom is 0.0500 e. The van der Waals surface area contributed by atoms with E-state index in [9.17, 15) is 0 Å². The summed E-state index contributed by atoms with van der Waals surface area (Å²) in [5.41, 5.74) is 1.07. The first-order valence-corrected chi connectivity index (χ1v) is 6.50. The molecule has 0 fully saturated rings. The van der Waals surface area contributed by atoms with Crippen molar-refractivity contribution in [1.29, 1.82) is 0 Å². The van der Waals surface area contributed by atoms with Gasteiger partial charge in [-0.05, 0) is 48.0 Å². The molecule has 0 bridgehead atoms. The van der Waals surface area contributed by atoms with Gasteiger partial charge >= 0.3 is 0 Å². The molecule has 0 spiro atoms. The van der Waals surface area contributed by atoms with Gasteiger partial charge in [0, 0.05) is 25.9 Å². The molecule has 1 rings (SSSR count). The predicted octanol–water partition coefficient (Wildman–Crippen LogP) is 4.33. The Morgan fingerprint density at radius 1 is 1.36 bits per heavy atom. The molecule has 0 aliphatic rings. The van der Waals surface area contributed by atoms with Gasteiger partial charge in [0.05, 0.1) is 0 Å². The van der Waals surface area contributed by atoms with Gasteiger partial charge in [0.1, 0.15) is 0 Å². The number of thiol groups is 1. The van der Waals surface area contributed by atoms with Crippen molar-refractivity contribution >= 4 is 50.2 Å². The summed E-state index contributed by atoms with van der Waals surface area (Å²) in [7, 11) is 0. The standard InChI is InChI=1S/C10H13Br2NS/c1-10(2,6-14)13-9-5-7(11)3-4-8(9)12/h3-5,13-14H,6H2,1-2H3. The first-order valence-electron chi connectivity index (χ1n) is 4.29. The van der Waals surface area contributed by atoms with Crippen LogP contribution < -0.4 is 5.32 Å². The van der Waals surface area contributed by atoms with Crippen LogP contribution >= 0.6 is 44.5 Å². The molecule has 0 saturated heterocycles. The molecule has 1 nitrogen and oxygen atoms in total. The summed E-state index contributed by atoms with van der Waals surface area (Å²) >= 11 is 11.3. The van der Waals surface area contributed by atoms with Crippen LogP contribution in [0.3, 0.4) is 0 Å². The van der Waals surface area contributed by atoms with E-state index in [4.69, 9.17) is 0 Å². The van der Waals surface area contributed by atoms with Crippen molar-refractivity contribution in [2.75, 3.05) is 11.1 Å². The Balaban J connectivity index is 2.91. The minimum atomic E-state index is -0.00752. The average Bonchev–Trinajstić information content (AvgIpc) is 2.11. The van der Waals surface area contributed by atoms with E-state index >= 15 is 0 Å². The van der Waals surface area contributed by atoms with Crippen LogP contribution in [0.4, 0.5) is 5.69 Å². The second-order valence-corrected chi connectivity index (χ2v) is 5.88. The molecule has 0 amide bonds. The lowest BCUT2D eigenvalue weighted by Crippen LogP contribution is -2.32. The zero-order chi connectivity index (χ0) is 10.8. The Morgan fingerprint density at radius 3 is 2.57 bits per heavy atom. The molecule has 0 radical (unpaired) electrons. The van der Waals surface area contributed by atoms with Crippen molar-refractivity contribution < 1.29 is 0 Å². The van der Waals surface area contributed by atoms with Crippen LogP contribution in [-0.4, -0.2) is 11.3 Å².